The zero-order valence-electron chi connectivity index (χ0n) is 33.5. The van der Waals surface area contributed by atoms with E-state index in [1.807, 2.05) is 60.9 Å². The summed E-state index contributed by atoms with van der Waals surface area (Å²) in [6.45, 7) is 20.6. The molecule has 3 aliphatic carbocycles. The lowest BCUT2D eigenvalue weighted by molar-refractivity contribution is 0.715. The molecule has 0 radical (unpaired) electrons. The highest BCUT2D eigenvalue weighted by atomic mass is 15.2. The number of benzene rings is 3. The number of hydrogen-bond donors (Lipinski definition) is 0. The molecule has 290 valence electrons. The first-order valence-corrected chi connectivity index (χ1v) is 20.0. The molecule has 0 aliphatic heterocycles. The second-order valence-corrected chi connectivity index (χ2v) is 13.9. The van der Waals surface area contributed by atoms with Gasteiger partial charge in [0.2, 0.25) is 0 Å². The molecule has 0 saturated heterocycles. The summed E-state index contributed by atoms with van der Waals surface area (Å²) in [4.78, 5) is 9.06. The Balaban J connectivity index is 1.40. The molecule has 0 N–H and O–H groups in total. The summed E-state index contributed by atoms with van der Waals surface area (Å²) < 4.78 is 0. The molecule has 6 rings (SSSR count). The average Bonchev–Trinajstić information content (AvgIpc) is 3.28. The molecule has 0 spiro atoms. The molecule has 0 amide bonds. The largest absolute Gasteiger partial charge is 0.338 e. The van der Waals surface area contributed by atoms with Crippen molar-refractivity contribution in [3.05, 3.63) is 268 Å². The van der Waals surface area contributed by atoms with Crippen LogP contribution in [0.5, 0.6) is 0 Å². The summed E-state index contributed by atoms with van der Waals surface area (Å²) in [5.74, 6) is 0. The summed E-state index contributed by atoms with van der Waals surface area (Å²) in [5.41, 5.74) is 10.5. The first kappa shape index (κ1) is 40.6. The van der Waals surface area contributed by atoms with Crippen LogP contribution in [0.3, 0.4) is 0 Å². The maximum Gasteiger partial charge on any atom is 0.0558 e. The van der Waals surface area contributed by atoms with E-state index in [-0.39, 0.29) is 6.04 Å². The minimum Gasteiger partial charge on any atom is -0.338 e. The van der Waals surface area contributed by atoms with Crippen molar-refractivity contribution in [2.45, 2.75) is 38.1 Å². The lowest BCUT2D eigenvalue weighted by Gasteiger charge is -2.37. The van der Waals surface area contributed by atoms with Crippen molar-refractivity contribution >= 4 is 22.7 Å². The van der Waals surface area contributed by atoms with Gasteiger partial charge in [0.05, 0.1) is 6.04 Å². The third kappa shape index (κ3) is 10.0. The van der Waals surface area contributed by atoms with Crippen LogP contribution in [0.4, 0.5) is 22.7 Å². The number of para-hydroxylation sites is 2. The fraction of sp³-hybridized carbons (Fsp3) is 0.111. The topological polar surface area (TPSA) is 13.0 Å². The van der Waals surface area contributed by atoms with Gasteiger partial charge in [-0.3, -0.25) is 0 Å². The molecule has 4 nitrogen and oxygen atoms in total. The Hall–Kier alpha value is -7.04. The van der Waals surface area contributed by atoms with E-state index in [2.05, 4.69) is 186 Å². The predicted molar refractivity (Wildman–Crippen MR) is 252 cm³/mol. The fourth-order valence-electron chi connectivity index (χ4n) is 7.33. The van der Waals surface area contributed by atoms with Crippen LogP contribution in [0.2, 0.25) is 0 Å². The van der Waals surface area contributed by atoms with Crippen LogP contribution in [-0.4, -0.2) is 6.04 Å². The van der Waals surface area contributed by atoms with E-state index in [4.69, 9.17) is 0 Å². The third-order valence-electron chi connectivity index (χ3n) is 10.1. The smallest absolute Gasteiger partial charge is 0.0558 e. The Morgan fingerprint density at radius 1 is 0.621 bits per heavy atom. The molecule has 1 atom stereocenters. The molecule has 0 aromatic heterocycles. The lowest BCUT2D eigenvalue weighted by atomic mass is 9.99. The van der Waals surface area contributed by atoms with E-state index in [0.29, 0.717) is 0 Å². The molecule has 0 saturated carbocycles. The molecule has 3 aliphatic rings. The van der Waals surface area contributed by atoms with Gasteiger partial charge in [0.25, 0.3) is 0 Å². The van der Waals surface area contributed by atoms with Crippen molar-refractivity contribution in [3.8, 4) is 0 Å². The molecule has 3 aromatic rings. The molecule has 58 heavy (non-hydrogen) atoms. The van der Waals surface area contributed by atoms with Gasteiger partial charge in [-0.15, -0.1) is 0 Å². The average molecular weight is 759 g/mol. The summed E-state index contributed by atoms with van der Waals surface area (Å²) in [5, 5.41) is 0. The predicted octanol–water partition coefficient (Wildman–Crippen LogP) is 14.1. The van der Waals surface area contributed by atoms with Gasteiger partial charge in [0.1, 0.15) is 0 Å². The van der Waals surface area contributed by atoms with Crippen molar-refractivity contribution in [2.75, 3.05) is 19.6 Å². The molecule has 0 heterocycles. The molecule has 4 heteroatoms. The normalized spacial score (nSPS) is 16.6. The Morgan fingerprint density at radius 3 is 1.83 bits per heavy atom. The Morgan fingerprint density at radius 2 is 1.28 bits per heavy atom. The van der Waals surface area contributed by atoms with Gasteiger partial charge in [-0.2, -0.15) is 0 Å². The van der Waals surface area contributed by atoms with Gasteiger partial charge >= 0.3 is 0 Å². The summed E-state index contributed by atoms with van der Waals surface area (Å²) in [7, 11) is 0. The molecule has 1 unspecified atom stereocenters. The molecule has 0 bridgehead atoms. The summed E-state index contributed by atoms with van der Waals surface area (Å²) in [6.07, 6.45) is 44.6. The van der Waals surface area contributed by atoms with Gasteiger partial charge in [-0.25, -0.2) is 0 Å². The quantitative estimate of drug-likeness (QED) is 0.120. The zero-order chi connectivity index (χ0) is 40.5. The van der Waals surface area contributed by atoms with Crippen molar-refractivity contribution in [3.63, 3.8) is 0 Å². The molecular formula is C54H54N4. The van der Waals surface area contributed by atoms with Crippen LogP contribution in [0.25, 0.3) is 0 Å². The number of hydrogen-bond acceptors (Lipinski definition) is 4. The van der Waals surface area contributed by atoms with E-state index >= 15 is 0 Å². The van der Waals surface area contributed by atoms with Gasteiger partial charge in [-0.05, 0) is 135 Å². The van der Waals surface area contributed by atoms with Crippen LogP contribution >= 0.6 is 0 Å². The van der Waals surface area contributed by atoms with E-state index in [0.717, 1.165) is 77.7 Å². The van der Waals surface area contributed by atoms with E-state index in [1.165, 1.54) is 11.4 Å². The molecular weight excluding hydrogens is 705 g/mol. The van der Waals surface area contributed by atoms with Crippen LogP contribution < -0.4 is 19.6 Å². The Labute approximate surface area is 346 Å². The van der Waals surface area contributed by atoms with Gasteiger partial charge in [0.15, 0.2) is 0 Å². The fourth-order valence-corrected chi connectivity index (χ4v) is 7.33. The maximum atomic E-state index is 4.34. The monoisotopic (exact) mass is 758 g/mol. The van der Waals surface area contributed by atoms with Crippen LogP contribution in [0.1, 0.15) is 32.1 Å². The Kier molecular flexibility index (Phi) is 14.5. The number of allylic oxidation sites excluding steroid dienone is 17. The van der Waals surface area contributed by atoms with Gasteiger partial charge in [0, 0.05) is 63.1 Å². The first-order valence-electron chi connectivity index (χ1n) is 20.0. The number of nitrogens with zero attached hydrogens (tertiary/aromatic N) is 4. The molecule has 3 aromatic carbocycles. The maximum absolute atomic E-state index is 4.34. The highest BCUT2D eigenvalue weighted by Gasteiger charge is 2.25. The minimum absolute atomic E-state index is 0.164. The van der Waals surface area contributed by atoms with Gasteiger partial charge < -0.3 is 19.6 Å². The van der Waals surface area contributed by atoms with Crippen LogP contribution in [-0.2, 0) is 0 Å². The van der Waals surface area contributed by atoms with Crippen LogP contribution in [0, 0.1) is 0 Å². The van der Waals surface area contributed by atoms with Crippen molar-refractivity contribution < 1.29 is 0 Å². The van der Waals surface area contributed by atoms with E-state index < -0.39 is 0 Å². The first-order chi connectivity index (χ1) is 28.6. The van der Waals surface area contributed by atoms with E-state index in [1.54, 1.807) is 6.08 Å². The highest BCUT2D eigenvalue weighted by molar-refractivity contribution is 5.70. The number of anilines is 4. The SMILES string of the molecule is C=CC=CC(=C)N(C=CC=C(C=C)N(C1=CCC(N(C2=CC=CCC2)c2ccccc2)C=C1)c1ccc(N(C(C=C)=CC=C)C2=CCCC=C2)cc1)c1ccccc1. The standard InChI is InChI=1S/C54H54N4/c1-6-10-25-44(5)55(47-26-15-11-16-27-47)43-23-34-46(9-4)57(52-37-35-51(36-38-52)56(45(8-3)24-7-2)48-28-17-12-18-29-48)53-39-41-54(42-40-53)58(49-30-19-13-20-31-49)50-32-21-14-22-33-50/h6-11,13-17,19-21,23-32,34-41,43,54H,1-5,12,18,22,33,42H2. The Bertz CT molecular complexity index is 2250. The minimum atomic E-state index is 0.164. The zero-order valence-corrected chi connectivity index (χ0v) is 33.5. The second-order valence-electron chi connectivity index (χ2n) is 13.9. The highest BCUT2D eigenvalue weighted by Crippen LogP contribution is 2.36. The number of rotatable bonds is 18. The van der Waals surface area contributed by atoms with Crippen LogP contribution in [0.15, 0.2) is 268 Å². The van der Waals surface area contributed by atoms with E-state index in [9.17, 15) is 0 Å². The second kappa shape index (κ2) is 20.8. The third-order valence-corrected chi connectivity index (χ3v) is 10.1. The summed E-state index contributed by atoms with van der Waals surface area (Å²) in [6, 6.07) is 29.8. The molecule has 0 fully saturated rings. The summed E-state index contributed by atoms with van der Waals surface area (Å²) >= 11 is 0. The van der Waals surface area contributed by atoms with Crippen molar-refractivity contribution in [1.82, 2.24) is 0 Å². The lowest BCUT2D eigenvalue weighted by Crippen LogP contribution is -2.35. The van der Waals surface area contributed by atoms with Crippen molar-refractivity contribution in [1.29, 1.82) is 0 Å². The van der Waals surface area contributed by atoms with Crippen molar-refractivity contribution in [2.24, 2.45) is 0 Å². The van der Waals surface area contributed by atoms with Gasteiger partial charge in [-0.1, -0.05) is 124 Å².